The second kappa shape index (κ2) is 5.79. The van der Waals surface area contributed by atoms with Gasteiger partial charge in [0.1, 0.15) is 18.0 Å². The average Bonchev–Trinajstić information content (AvgIpc) is 2.51. The first kappa shape index (κ1) is 17.3. The van der Waals surface area contributed by atoms with Gasteiger partial charge in [-0.3, -0.25) is 10.1 Å². The summed E-state index contributed by atoms with van der Waals surface area (Å²) in [6, 6.07) is 4.65. The maximum absolute atomic E-state index is 12.4. The van der Waals surface area contributed by atoms with Crippen molar-refractivity contribution in [2.45, 2.75) is 38.8 Å². The summed E-state index contributed by atoms with van der Waals surface area (Å²) in [5.74, 6) is 0.511. The predicted octanol–water partition coefficient (Wildman–Crippen LogP) is 2.80. The van der Waals surface area contributed by atoms with Gasteiger partial charge < -0.3 is 19.3 Å². The molecule has 2 aliphatic rings. The number of carbonyl (C=O) groups excluding carboxylic acids is 1. The molecule has 2 aliphatic heterocycles. The summed E-state index contributed by atoms with van der Waals surface area (Å²) in [4.78, 5) is 26.7. The Balaban J connectivity index is 1.81. The van der Waals surface area contributed by atoms with Gasteiger partial charge in [-0.15, -0.1) is 0 Å². The highest BCUT2D eigenvalue weighted by Crippen LogP contribution is 2.41. The summed E-state index contributed by atoms with van der Waals surface area (Å²) in [5.41, 5.74) is -0.111. The second-order valence-electron chi connectivity index (χ2n) is 7.75. The summed E-state index contributed by atoms with van der Waals surface area (Å²) in [6.07, 6.45) is -0.331. The fourth-order valence-corrected chi connectivity index (χ4v) is 3.27. The number of rotatable bonds is 1. The molecule has 1 aromatic rings. The fraction of sp³-hybridized carbons (Fsp3) is 0.588. The monoisotopic (exact) mass is 349 g/mol. The van der Waals surface area contributed by atoms with Gasteiger partial charge >= 0.3 is 6.09 Å². The number of piperazine rings is 1. The van der Waals surface area contributed by atoms with Gasteiger partial charge in [0.25, 0.3) is 5.69 Å². The highest BCUT2D eigenvalue weighted by molar-refractivity contribution is 5.71. The molecular weight excluding hydrogens is 326 g/mol. The number of hydrogen-bond acceptors (Lipinski definition) is 6. The van der Waals surface area contributed by atoms with Crippen molar-refractivity contribution in [1.29, 1.82) is 0 Å². The Morgan fingerprint density at radius 3 is 2.72 bits per heavy atom. The predicted molar refractivity (Wildman–Crippen MR) is 92.1 cm³/mol. The van der Waals surface area contributed by atoms with Gasteiger partial charge in [-0.05, 0) is 33.8 Å². The molecule has 1 saturated heterocycles. The molecule has 0 saturated carbocycles. The summed E-state index contributed by atoms with van der Waals surface area (Å²) in [5, 5.41) is 10.9. The van der Waals surface area contributed by atoms with Crippen molar-refractivity contribution < 1.29 is 19.2 Å². The number of ether oxygens (including phenoxy) is 2. The van der Waals surface area contributed by atoms with Crippen LogP contribution in [-0.4, -0.2) is 53.3 Å². The van der Waals surface area contributed by atoms with E-state index in [1.54, 1.807) is 11.0 Å². The smallest absolute Gasteiger partial charge is 0.410 e. The van der Waals surface area contributed by atoms with Crippen molar-refractivity contribution in [3.8, 4) is 5.75 Å². The van der Waals surface area contributed by atoms with E-state index in [1.807, 2.05) is 27.7 Å². The zero-order valence-corrected chi connectivity index (χ0v) is 14.9. The van der Waals surface area contributed by atoms with Crippen molar-refractivity contribution in [2.75, 3.05) is 31.1 Å². The highest BCUT2D eigenvalue weighted by Gasteiger charge is 2.44. The largest absolute Gasteiger partial charge is 0.489 e. The summed E-state index contributed by atoms with van der Waals surface area (Å²) in [6.45, 7) is 9.51. The number of amides is 1. The van der Waals surface area contributed by atoms with Crippen molar-refractivity contribution in [2.24, 2.45) is 0 Å². The first-order valence-electron chi connectivity index (χ1n) is 8.26. The molecule has 1 fully saturated rings. The van der Waals surface area contributed by atoms with Crippen LogP contribution < -0.4 is 9.64 Å². The molecule has 1 atom stereocenters. The number of anilines is 1. The van der Waals surface area contributed by atoms with E-state index in [-0.39, 0.29) is 11.8 Å². The lowest BCUT2D eigenvalue weighted by molar-refractivity contribution is -0.384. The zero-order valence-electron chi connectivity index (χ0n) is 14.9. The number of non-ortho nitro benzene ring substituents is 1. The molecule has 0 radical (unpaired) electrons. The van der Waals surface area contributed by atoms with E-state index in [0.29, 0.717) is 32.0 Å². The lowest BCUT2D eigenvalue weighted by atomic mass is 9.94. The minimum absolute atomic E-state index is 0.00902. The zero-order chi connectivity index (χ0) is 18.4. The maximum atomic E-state index is 12.4. The first-order chi connectivity index (χ1) is 11.6. The van der Waals surface area contributed by atoms with E-state index < -0.39 is 16.1 Å². The minimum Gasteiger partial charge on any atom is -0.489 e. The van der Waals surface area contributed by atoms with Crippen LogP contribution in [0.5, 0.6) is 5.75 Å². The highest BCUT2D eigenvalue weighted by atomic mass is 16.6. The Morgan fingerprint density at radius 1 is 1.36 bits per heavy atom. The molecule has 8 heteroatoms. The van der Waals surface area contributed by atoms with Gasteiger partial charge in [0.2, 0.25) is 0 Å². The number of hydrogen-bond donors (Lipinski definition) is 0. The van der Waals surface area contributed by atoms with Crippen LogP contribution in [0.3, 0.4) is 0 Å². The van der Waals surface area contributed by atoms with Crippen molar-refractivity contribution >= 4 is 17.5 Å². The van der Waals surface area contributed by atoms with Crippen molar-refractivity contribution in [1.82, 2.24) is 4.90 Å². The molecular formula is C17H23N3O5. The number of fused-ring (bicyclic) bond motifs is 3. The van der Waals surface area contributed by atoms with Crippen LogP contribution in [0, 0.1) is 10.1 Å². The standard InChI is InChI=1S/C17H23N3O5/c1-16(2,3)25-15(21)18-7-8-19-13-6-5-12(20(22)23)9-14(13)24-11-17(19,4)10-18/h5-6,9H,7-8,10-11H2,1-4H3/t17-/m0/s1. The third kappa shape index (κ3) is 3.33. The van der Waals surface area contributed by atoms with Crippen LogP contribution in [0.1, 0.15) is 27.7 Å². The lowest BCUT2D eigenvalue weighted by Crippen LogP contribution is -2.66. The third-order valence-corrected chi connectivity index (χ3v) is 4.41. The molecule has 0 bridgehead atoms. The van der Waals surface area contributed by atoms with Crippen LogP contribution >= 0.6 is 0 Å². The second-order valence-corrected chi connectivity index (χ2v) is 7.75. The quantitative estimate of drug-likeness (QED) is 0.572. The molecule has 3 rings (SSSR count). The molecule has 0 aliphatic carbocycles. The topological polar surface area (TPSA) is 85.2 Å². The van der Waals surface area contributed by atoms with Gasteiger partial charge in [0, 0.05) is 19.2 Å². The van der Waals surface area contributed by atoms with E-state index >= 15 is 0 Å². The molecule has 0 N–H and O–H groups in total. The number of benzene rings is 1. The molecule has 136 valence electrons. The van der Waals surface area contributed by atoms with Crippen molar-refractivity contribution in [3.63, 3.8) is 0 Å². The molecule has 1 amide bonds. The molecule has 25 heavy (non-hydrogen) atoms. The molecule has 1 aromatic carbocycles. The first-order valence-corrected chi connectivity index (χ1v) is 8.26. The van der Waals surface area contributed by atoms with Crippen LogP contribution in [0.2, 0.25) is 0 Å². The van der Waals surface area contributed by atoms with Gasteiger partial charge in [-0.1, -0.05) is 0 Å². The normalized spacial score (nSPS) is 22.6. The fourth-order valence-electron chi connectivity index (χ4n) is 3.27. The molecule has 0 unspecified atom stereocenters. The van der Waals surface area contributed by atoms with Gasteiger partial charge in [-0.2, -0.15) is 0 Å². The summed E-state index contributed by atoms with van der Waals surface area (Å²) >= 11 is 0. The minimum atomic E-state index is -0.538. The summed E-state index contributed by atoms with van der Waals surface area (Å²) < 4.78 is 11.3. The molecule has 0 spiro atoms. The number of carbonyl (C=O) groups is 1. The number of nitro benzene ring substituents is 1. The lowest BCUT2D eigenvalue weighted by Gasteiger charge is -2.52. The average molecular weight is 349 g/mol. The number of nitrogens with zero attached hydrogens (tertiary/aromatic N) is 3. The van der Waals surface area contributed by atoms with E-state index in [0.717, 1.165) is 5.69 Å². The Bertz CT molecular complexity index is 715. The Kier molecular flexibility index (Phi) is 4.01. The third-order valence-electron chi connectivity index (χ3n) is 4.41. The van der Waals surface area contributed by atoms with E-state index in [2.05, 4.69) is 4.90 Å². The van der Waals surface area contributed by atoms with E-state index in [1.165, 1.54) is 12.1 Å². The van der Waals surface area contributed by atoms with Crippen molar-refractivity contribution in [3.05, 3.63) is 28.3 Å². The SMILES string of the molecule is CC(C)(C)OC(=O)N1CCN2c3ccc([N+](=O)[O-])cc3OC[C@]2(C)C1. The Labute approximate surface area is 146 Å². The van der Waals surface area contributed by atoms with Crippen LogP contribution in [0.25, 0.3) is 0 Å². The molecule has 2 heterocycles. The molecule has 8 nitrogen and oxygen atoms in total. The maximum Gasteiger partial charge on any atom is 0.410 e. The summed E-state index contributed by atoms with van der Waals surface area (Å²) in [7, 11) is 0. The molecule has 0 aromatic heterocycles. The van der Waals surface area contributed by atoms with Gasteiger partial charge in [-0.25, -0.2) is 4.79 Å². The van der Waals surface area contributed by atoms with Crippen LogP contribution in [0.4, 0.5) is 16.2 Å². The van der Waals surface area contributed by atoms with Crippen LogP contribution in [-0.2, 0) is 4.74 Å². The Hall–Kier alpha value is -2.51. The Morgan fingerprint density at radius 2 is 2.08 bits per heavy atom. The van der Waals surface area contributed by atoms with Gasteiger partial charge in [0.05, 0.1) is 28.8 Å². The number of nitro groups is 1. The van der Waals surface area contributed by atoms with Crippen LogP contribution in [0.15, 0.2) is 18.2 Å². The van der Waals surface area contributed by atoms with Gasteiger partial charge in [0.15, 0.2) is 0 Å². The van der Waals surface area contributed by atoms with E-state index in [4.69, 9.17) is 9.47 Å². The van der Waals surface area contributed by atoms with E-state index in [9.17, 15) is 14.9 Å².